The second-order valence-corrected chi connectivity index (χ2v) is 4.54. The van der Waals surface area contributed by atoms with Crippen molar-refractivity contribution in [2.45, 2.75) is 39.7 Å². The van der Waals surface area contributed by atoms with Crippen molar-refractivity contribution in [1.82, 2.24) is 10.3 Å². The summed E-state index contributed by atoms with van der Waals surface area (Å²) in [6.07, 6.45) is 6.27. The van der Waals surface area contributed by atoms with E-state index in [4.69, 9.17) is 0 Å². The lowest BCUT2D eigenvalue weighted by atomic mass is 9.96. The zero-order valence-electron chi connectivity index (χ0n) is 10.2. The Morgan fingerprint density at radius 1 is 1.33 bits per heavy atom. The van der Waals surface area contributed by atoms with Gasteiger partial charge in [0.15, 0.2) is 0 Å². The van der Waals surface area contributed by atoms with Gasteiger partial charge in [-0.3, -0.25) is 4.98 Å². The van der Waals surface area contributed by atoms with Crippen molar-refractivity contribution in [3.8, 4) is 0 Å². The lowest BCUT2D eigenvalue weighted by Crippen LogP contribution is -2.18. The first-order valence-corrected chi connectivity index (χ1v) is 5.73. The van der Waals surface area contributed by atoms with Gasteiger partial charge >= 0.3 is 0 Å². The largest absolute Gasteiger partial charge is 0.313 e. The van der Waals surface area contributed by atoms with Gasteiger partial charge in [0.1, 0.15) is 0 Å². The summed E-state index contributed by atoms with van der Waals surface area (Å²) >= 11 is 0. The molecular formula is C13H22N2. The fraction of sp³-hybridized carbons (Fsp3) is 0.615. The van der Waals surface area contributed by atoms with Crippen LogP contribution in [0.25, 0.3) is 0 Å². The van der Waals surface area contributed by atoms with Crippen molar-refractivity contribution >= 4 is 0 Å². The molecule has 1 aromatic heterocycles. The number of pyridine rings is 1. The molecule has 1 rings (SSSR count). The third-order valence-corrected chi connectivity index (χ3v) is 2.82. The maximum absolute atomic E-state index is 4.13. The minimum absolute atomic E-state index is 0.468. The summed E-state index contributed by atoms with van der Waals surface area (Å²) in [5.41, 5.74) is 2.66. The molecule has 0 aliphatic heterocycles. The van der Waals surface area contributed by atoms with E-state index in [0.717, 1.165) is 5.92 Å². The van der Waals surface area contributed by atoms with Crippen molar-refractivity contribution in [3.05, 3.63) is 29.6 Å². The first-order chi connectivity index (χ1) is 7.15. The Hall–Kier alpha value is -0.890. The van der Waals surface area contributed by atoms with Crippen LogP contribution in [-0.2, 0) is 0 Å². The molecule has 2 nitrogen and oxygen atoms in total. The maximum atomic E-state index is 4.13. The predicted octanol–water partition coefficient (Wildman–Crippen LogP) is 3.09. The summed E-state index contributed by atoms with van der Waals surface area (Å²) in [5, 5.41) is 3.39. The van der Waals surface area contributed by atoms with Crippen molar-refractivity contribution in [1.29, 1.82) is 0 Å². The van der Waals surface area contributed by atoms with Gasteiger partial charge in [0, 0.05) is 18.4 Å². The van der Waals surface area contributed by atoms with Crippen LogP contribution in [0.5, 0.6) is 0 Å². The summed E-state index contributed by atoms with van der Waals surface area (Å²) in [5.74, 6) is 0.767. The Kier molecular flexibility index (Phi) is 4.76. The molecule has 1 heterocycles. The monoisotopic (exact) mass is 206 g/mol. The van der Waals surface area contributed by atoms with Crippen molar-refractivity contribution in [2.24, 2.45) is 5.92 Å². The summed E-state index contributed by atoms with van der Waals surface area (Å²) in [4.78, 5) is 4.13. The fourth-order valence-corrected chi connectivity index (χ4v) is 1.83. The molecule has 0 saturated heterocycles. The first-order valence-electron chi connectivity index (χ1n) is 5.73. The molecule has 0 amide bonds. The second kappa shape index (κ2) is 5.86. The summed E-state index contributed by atoms with van der Waals surface area (Å²) in [6, 6.07) is 2.59. The van der Waals surface area contributed by atoms with Crippen LogP contribution in [0, 0.1) is 12.8 Å². The molecule has 1 N–H and O–H groups in total. The molecule has 0 aliphatic rings. The van der Waals surface area contributed by atoms with Gasteiger partial charge in [0.05, 0.1) is 0 Å². The van der Waals surface area contributed by atoms with Gasteiger partial charge in [-0.05, 0) is 49.9 Å². The van der Waals surface area contributed by atoms with E-state index in [9.17, 15) is 0 Å². The van der Waals surface area contributed by atoms with E-state index in [-0.39, 0.29) is 0 Å². The Morgan fingerprint density at radius 3 is 2.60 bits per heavy atom. The smallest absolute Gasteiger partial charge is 0.0321 e. The molecule has 15 heavy (non-hydrogen) atoms. The second-order valence-electron chi connectivity index (χ2n) is 4.54. The lowest BCUT2D eigenvalue weighted by Gasteiger charge is -2.19. The topological polar surface area (TPSA) is 24.9 Å². The molecule has 0 aromatic carbocycles. The van der Waals surface area contributed by atoms with Gasteiger partial charge in [-0.1, -0.05) is 13.8 Å². The lowest BCUT2D eigenvalue weighted by molar-refractivity contribution is 0.463. The Bertz CT molecular complexity index is 294. The third-order valence-electron chi connectivity index (χ3n) is 2.82. The van der Waals surface area contributed by atoms with E-state index in [1.54, 1.807) is 0 Å². The molecule has 0 saturated carbocycles. The van der Waals surface area contributed by atoms with Crippen LogP contribution in [0.15, 0.2) is 18.5 Å². The molecule has 0 aliphatic carbocycles. The van der Waals surface area contributed by atoms with Gasteiger partial charge in [0.2, 0.25) is 0 Å². The van der Waals surface area contributed by atoms with Crippen molar-refractivity contribution in [3.63, 3.8) is 0 Å². The van der Waals surface area contributed by atoms with E-state index >= 15 is 0 Å². The standard InChI is InChI=1S/C13H22N2/c1-10(2)5-6-13(14-4)12-7-8-15-9-11(12)3/h7-10,13-14H,5-6H2,1-4H3. The third kappa shape index (κ3) is 3.63. The van der Waals surface area contributed by atoms with Gasteiger partial charge in [0.25, 0.3) is 0 Å². The van der Waals surface area contributed by atoms with Crippen molar-refractivity contribution < 1.29 is 0 Å². The summed E-state index contributed by atoms with van der Waals surface area (Å²) < 4.78 is 0. The molecule has 0 spiro atoms. The van der Waals surface area contributed by atoms with Crippen LogP contribution < -0.4 is 5.32 Å². The summed E-state index contributed by atoms with van der Waals surface area (Å²) in [7, 11) is 2.03. The quantitative estimate of drug-likeness (QED) is 0.800. The summed E-state index contributed by atoms with van der Waals surface area (Å²) in [6.45, 7) is 6.67. The molecule has 0 radical (unpaired) electrons. The molecule has 1 aromatic rings. The zero-order valence-corrected chi connectivity index (χ0v) is 10.2. The number of aromatic nitrogens is 1. The van der Waals surface area contributed by atoms with Crippen LogP contribution in [0.3, 0.4) is 0 Å². The zero-order chi connectivity index (χ0) is 11.3. The number of nitrogens with one attached hydrogen (secondary N) is 1. The van der Waals surface area contributed by atoms with Crippen LogP contribution in [0.4, 0.5) is 0 Å². The molecule has 0 fully saturated rings. The minimum atomic E-state index is 0.468. The number of aryl methyl sites for hydroxylation is 1. The first kappa shape index (κ1) is 12.2. The fourth-order valence-electron chi connectivity index (χ4n) is 1.83. The van der Waals surface area contributed by atoms with Crippen LogP contribution >= 0.6 is 0 Å². The highest BCUT2D eigenvalue weighted by atomic mass is 14.9. The molecule has 84 valence electrons. The van der Waals surface area contributed by atoms with Gasteiger partial charge in [-0.25, -0.2) is 0 Å². The van der Waals surface area contributed by atoms with Crippen LogP contribution in [0.1, 0.15) is 43.9 Å². The number of hydrogen-bond donors (Lipinski definition) is 1. The highest BCUT2D eigenvalue weighted by Crippen LogP contribution is 2.22. The average Bonchev–Trinajstić information content (AvgIpc) is 2.21. The Morgan fingerprint density at radius 2 is 2.07 bits per heavy atom. The maximum Gasteiger partial charge on any atom is 0.0321 e. The average molecular weight is 206 g/mol. The molecule has 1 atom stereocenters. The number of hydrogen-bond acceptors (Lipinski definition) is 2. The van der Waals surface area contributed by atoms with Gasteiger partial charge < -0.3 is 5.32 Å². The number of nitrogens with zero attached hydrogens (tertiary/aromatic N) is 1. The van der Waals surface area contributed by atoms with Gasteiger partial charge in [-0.2, -0.15) is 0 Å². The number of rotatable bonds is 5. The van der Waals surface area contributed by atoms with E-state index in [1.807, 2.05) is 19.4 Å². The van der Waals surface area contributed by atoms with E-state index in [1.165, 1.54) is 24.0 Å². The Balaban J connectivity index is 2.70. The van der Waals surface area contributed by atoms with Gasteiger partial charge in [-0.15, -0.1) is 0 Å². The highest BCUT2D eigenvalue weighted by molar-refractivity contribution is 5.25. The normalized spacial score (nSPS) is 13.1. The molecule has 2 heteroatoms. The predicted molar refractivity (Wildman–Crippen MR) is 64.8 cm³/mol. The minimum Gasteiger partial charge on any atom is -0.313 e. The van der Waals surface area contributed by atoms with Crippen molar-refractivity contribution in [2.75, 3.05) is 7.05 Å². The van der Waals surface area contributed by atoms with Crippen LogP contribution in [-0.4, -0.2) is 12.0 Å². The molecule has 1 unspecified atom stereocenters. The van der Waals surface area contributed by atoms with E-state index in [0.29, 0.717) is 6.04 Å². The SMILES string of the molecule is CNC(CCC(C)C)c1ccncc1C. The van der Waals surface area contributed by atoms with E-state index < -0.39 is 0 Å². The molecule has 0 bridgehead atoms. The van der Waals surface area contributed by atoms with E-state index in [2.05, 4.69) is 37.1 Å². The van der Waals surface area contributed by atoms with Crippen LogP contribution in [0.2, 0.25) is 0 Å². The highest BCUT2D eigenvalue weighted by Gasteiger charge is 2.11. The Labute approximate surface area is 93.1 Å². The molecular weight excluding hydrogens is 184 g/mol.